The minimum absolute atomic E-state index is 0.0393. The Kier molecular flexibility index (Phi) is 4.79. The van der Waals surface area contributed by atoms with E-state index in [0.717, 1.165) is 6.54 Å². The van der Waals surface area contributed by atoms with Crippen LogP contribution in [0, 0.1) is 24.7 Å². The molecular weight excluding hydrogens is 214 g/mol. The lowest BCUT2D eigenvalue weighted by Crippen LogP contribution is -2.34. The van der Waals surface area contributed by atoms with E-state index in [-0.39, 0.29) is 5.91 Å². The standard InChI is InChI=1S/C14H23NO2/c1-9(2)13(10(3)4)8-15-14(16)12-6-7-17-11(12)5/h6-7,9-10,13H,8H2,1-5H3,(H,15,16). The van der Waals surface area contributed by atoms with Crippen LogP contribution in [0.2, 0.25) is 0 Å². The lowest BCUT2D eigenvalue weighted by atomic mass is 9.85. The maximum atomic E-state index is 11.9. The Balaban J connectivity index is 2.56. The molecule has 0 spiro atoms. The normalized spacial score (nSPS) is 11.5. The number of rotatable bonds is 5. The van der Waals surface area contributed by atoms with Crippen molar-refractivity contribution < 1.29 is 9.21 Å². The van der Waals surface area contributed by atoms with E-state index in [4.69, 9.17) is 4.42 Å². The predicted molar refractivity (Wildman–Crippen MR) is 68.9 cm³/mol. The molecule has 0 aromatic carbocycles. The van der Waals surface area contributed by atoms with Crippen molar-refractivity contribution in [1.82, 2.24) is 5.32 Å². The second-order valence-corrected chi connectivity index (χ2v) is 5.25. The van der Waals surface area contributed by atoms with Gasteiger partial charge in [-0.2, -0.15) is 0 Å². The molecule has 17 heavy (non-hydrogen) atoms. The summed E-state index contributed by atoms with van der Waals surface area (Å²) in [6.07, 6.45) is 1.55. The smallest absolute Gasteiger partial charge is 0.254 e. The molecule has 0 aliphatic heterocycles. The molecule has 1 N–H and O–H groups in total. The highest BCUT2D eigenvalue weighted by atomic mass is 16.3. The molecule has 0 atom stereocenters. The van der Waals surface area contributed by atoms with Crippen LogP contribution in [-0.4, -0.2) is 12.5 Å². The highest BCUT2D eigenvalue weighted by Crippen LogP contribution is 2.19. The van der Waals surface area contributed by atoms with E-state index in [1.165, 1.54) is 0 Å². The molecule has 0 fully saturated rings. The molecule has 0 saturated carbocycles. The highest BCUT2D eigenvalue weighted by Gasteiger charge is 2.19. The summed E-state index contributed by atoms with van der Waals surface area (Å²) in [4.78, 5) is 11.9. The zero-order valence-electron chi connectivity index (χ0n) is 11.4. The van der Waals surface area contributed by atoms with E-state index in [1.54, 1.807) is 19.3 Å². The molecule has 0 unspecified atom stereocenters. The zero-order valence-corrected chi connectivity index (χ0v) is 11.4. The molecule has 1 rings (SSSR count). The van der Waals surface area contributed by atoms with E-state index in [0.29, 0.717) is 29.1 Å². The Morgan fingerprint density at radius 1 is 1.29 bits per heavy atom. The molecule has 1 amide bonds. The fourth-order valence-electron chi connectivity index (χ4n) is 2.17. The van der Waals surface area contributed by atoms with Gasteiger partial charge >= 0.3 is 0 Å². The van der Waals surface area contributed by atoms with Crippen molar-refractivity contribution in [2.75, 3.05) is 6.54 Å². The Morgan fingerprint density at radius 2 is 1.88 bits per heavy atom. The first-order chi connectivity index (χ1) is 7.93. The Hall–Kier alpha value is -1.25. The third-order valence-electron chi connectivity index (χ3n) is 3.31. The van der Waals surface area contributed by atoms with Crippen molar-refractivity contribution in [2.24, 2.45) is 17.8 Å². The summed E-state index contributed by atoms with van der Waals surface area (Å²) < 4.78 is 5.13. The number of hydrogen-bond donors (Lipinski definition) is 1. The highest BCUT2D eigenvalue weighted by molar-refractivity contribution is 5.95. The summed E-state index contributed by atoms with van der Waals surface area (Å²) in [7, 11) is 0. The van der Waals surface area contributed by atoms with Gasteiger partial charge in [0.1, 0.15) is 5.76 Å². The van der Waals surface area contributed by atoms with Crippen LogP contribution in [0.5, 0.6) is 0 Å². The average molecular weight is 237 g/mol. The summed E-state index contributed by atoms with van der Waals surface area (Å²) >= 11 is 0. The van der Waals surface area contributed by atoms with Crippen LogP contribution in [0.4, 0.5) is 0 Å². The number of nitrogens with one attached hydrogen (secondary N) is 1. The molecule has 96 valence electrons. The molecule has 0 aliphatic rings. The van der Waals surface area contributed by atoms with E-state index < -0.39 is 0 Å². The topological polar surface area (TPSA) is 42.2 Å². The van der Waals surface area contributed by atoms with Gasteiger partial charge < -0.3 is 9.73 Å². The van der Waals surface area contributed by atoms with Gasteiger partial charge in [-0.25, -0.2) is 0 Å². The van der Waals surface area contributed by atoms with Gasteiger partial charge in [-0.1, -0.05) is 27.7 Å². The maximum Gasteiger partial charge on any atom is 0.254 e. The summed E-state index contributed by atoms with van der Waals surface area (Å²) in [6, 6.07) is 1.71. The average Bonchev–Trinajstić information content (AvgIpc) is 2.63. The molecule has 0 saturated heterocycles. The summed E-state index contributed by atoms with van der Waals surface area (Å²) in [5.74, 6) is 2.28. The van der Waals surface area contributed by atoms with Crippen molar-refractivity contribution in [3.05, 3.63) is 23.7 Å². The molecular formula is C14H23NO2. The minimum atomic E-state index is -0.0393. The third-order valence-corrected chi connectivity index (χ3v) is 3.31. The van der Waals surface area contributed by atoms with Crippen molar-refractivity contribution in [3.63, 3.8) is 0 Å². The largest absolute Gasteiger partial charge is 0.469 e. The lowest BCUT2D eigenvalue weighted by Gasteiger charge is -2.24. The fraction of sp³-hybridized carbons (Fsp3) is 0.643. The van der Waals surface area contributed by atoms with Gasteiger partial charge in [-0.15, -0.1) is 0 Å². The first-order valence-electron chi connectivity index (χ1n) is 6.25. The Bertz CT molecular complexity index is 358. The molecule has 0 aliphatic carbocycles. The zero-order chi connectivity index (χ0) is 13.0. The molecule has 3 heteroatoms. The number of carbonyl (C=O) groups is 1. The van der Waals surface area contributed by atoms with Crippen molar-refractivity contribution >= 4 is 5.91 Å². The lowest BCUT2D eigenvalue weighted by molar-refractivity contribution is 0.0935. The quantitative estimate of drug-likeness (QED) is 0.854. The van der Waals surface area contributed by atoms with Crippen LogP contribution >= 0.6 is 0 Å². The van der Waals surface area contributed by atoms with Gasteiger partial charge in [0, 0.05) is 6.54 Å². The number of aryl methyl sites for hydroxylation is 1. The summed E-state index contributed by atoms with van der Waals surface area (Å²) in [5, 5.41) is 2.99. The number of amides is 1. The number of furan rings is 1. The molecule has 3 nitrogen and oxygen atoms in total. The summed E-state index contributed by atoms with van der Waals surface area (Å²) in [6.45, 7) is 11.3. The fourth-order valence-corrected chi connectivity index (χ4v) is 2.17. The molecule has 0 bridgehead atoms. The molecule has 0 radical (unpaired) electrons. The third kappa shape index (κ3) is 3.62. The first-order valence-corrected chi connectivity index (χ1v) is 6.25. The van der Waals surface area contributed by atoms with Gasteiger partial charge in [-0.3, -0.25) is 4.79 Å². The van der Waals surface area contributed by atoms with Crippen LogP contribution < -0.4 is 5.32 Å². The predicted octanol–water partition coefficient (Wildman–Crippen LogP) is 3.25. The van der Waals surface area contributed by atoms with E-state index in [9.17, 15) is 4.79 Å². The monoisotopic (exact) mass is 237 g/mol. The van der Waals surface area contributed by atoms with Crippen molar-refractivity contribution in [1.29, 1.82) is 0 Å². The van der Waals surface area contributed by atoms with E-state index in [2.05, 4.69) is 33.0 Å². The maximum absolute atomic E-state index is 11.9. The summed E-state index contributed by atoms with van der Waals surface area (Å²) in [5.41, 5.74) is 0.635. The molecule has 1 heterocycles. The van der Waals surface area contributed by atoms with Crippen LogP contribution in [0.15, 0.2) is 16.7 Å². The van der Waals surface area contributed by atoms with Gasteiger partial charge in [0.15, 0.2) is 0 Å². The number of hydrogen-bond acceptors (Lipinski definition) is 2. The van der Waals surface area contributed by atoms with Crippen LogP contribution in [0.3, 0.4) is 0 Å². The van der Waals surface area contributed by atoms with E-state index in [1.807, 2.05) is 0 Å². The van der Waals surface area contributed by atoms with Gasteiger partial charge in [0.05, 0.1) is 11.8 Å². The van der Waals surface area contributed by atoms with Crippen LogP contribution in [0.1, 0.15) is 43.8 Å². The first kappa shape index (κ1) is 13.8. The van der Waals surface area contributed by atoms with Gasteiger partial charge in [0.2, 0.25) is 0 Å². The molecule has 1 aromatic heterocycles. The van der Waals surface area contributed by atoms with E-state index >= 15 is 0 Å². The Morgan fingerprint density at radius 3 is 2.29 bits per heavy atom. The van der Waals surface area contributed by atoms with Crippen molar-refractivity contribution in [2.45, 2.75) is 34.6 Å². The van der Waals surface area contributed by atoms with Gasteiger partial charge in [0.25, 0.3) is 5.91 Å². The molecule has 1 aromatic rings. The van der Waals surface area contributed by atoms with Gasteiger partial charge in [-0.05, 0) is 30.7 Å². The Labute approximate surface area is 104 Å². The number of carbonyl (C=O) groups excluding carboxylic acids is 1. The minimum Gasteiger partial charge on any atom is -0.469 e. The van der Waals surface area contributed by atoms with Crippen LogP contribution in [-0.2, 0) is 0 Å². The second-order valence-electron chi connectivity index (χ2n) is 5.25. The SMILES string of the molecule is Cc1occc1C(=O)NCC(C(C)C)C(C)C. The second kappa shape index (κ2) is 5.89. The van der Waals surface area contributed by atoms with Crippen LogP contribution in [0.25, 0.3) is 0 Å². The van der Waals surface area contributed by atoms with Crippen molar-refractivity contribution in [3.8, 4) is 0 Å².